The van der Waals surface area contributed by atoms with E-state index in [-0.39, 0.29) is 10.8 Å². The second kappa shape index (κ2) is 15.6. The molecule has 0 amide bonds. The molecule has 0 radical (unpaired) electrons. The SMILES string of the molecule is CC(C)(C)C1=Cc2ccc3c(-c4ccc(-c5ccc6c(c5)C(C)(C)c5cc(-c7ccc(-c8ccc(-c9ccc(-c%10cccc%11ccccc%10%11)cc9)cc8)cc7)ccc5-6)cc4)ccc4c3c2C(=CC4)C1. The standard InChI is InChI=1S/C69H54/c1-68(2,3)57-39-55-30-29-52-31-35-60(63-38-34-56(40-57)66(55)67(52)63)51-27-23-48(24-28-51)54-33-37-62-61-36-32-53(41-64(61)69(4,5)65(62)42-54)47-19-17-45(18-20-47)43-13-15-44(16-14-43)46-21-25-50(26-22-46)59-12-8-10-49-9-6-7-11-58(49)59/h6-28,30-38,40-42H,29,39H2,1-5H3. The van der Waals surface area contributed by atoms with Gasteiger partial charge in [-0.2, -0.15) is 0 Å². The molecule has 0 unspecified atom stereocenters. The van der Waals surface area contributed by atoms with Gasteiger partial charge in [0.15, 0.2) is 0 Å². The van der Waals surface area contributed by atoms with Crippen LogP contribution < -0.4 is 0 Å². The zero-order valence-electron chi connectivity index (χ0n) is 40.1. The first-order chi connectivity index (χ1) is 33.5. The molecule has 0 bridgehead atoms. The van der Waals surface area contributed by atoms with E-state index >= 15 is 0 Å². The summed E-state index contributed by atoms with van der Waals surface area (Å²) >= 11 is 0. The van der Waals surface area contributed by atoms with Gasteiger partial charge in [-0.3, -0.25) is 0 Å². The van der Waals surface area contributed by atoms with Crippen LogP contribution in [-0.2, 0) is 11.8 Å². The molecule has 3 aliphatic carbocycles. The lowest BCUT2D eigenvalue weighted by Crippen LogP contribution is -2.15. The molecule has 0 heteroatoms. The van der Waals surface area contributed by atoms with Crippen molar-refractivity contribution in [2.24, 2.45) is 5.41 Å². The fraction of sp³-hybridized carbons (Fsp3) is 0.130. The van der Waals surface area contributed by atoms with Crippen molar-refractivity contribution in [3.8, 4) is 77.9 Å². The van der Waals surface area contributed by atoms with E-state index in [1.54, 1.807) is 0 Å². The van der Waals surface area contributed by atoms with Gasteiger partial charge in [-0.15, -0.1) is 0 Å². The summed E-state index contributed by atoms with van der Waals surface area (Å²) in [6.45, 7) is 11.8. The molecule has 10 aromatic rings. The van der Waals surface area contributed by atoms with Gasteiger partial charge >= 0.3 is 0 Å². The van der Waals surface area contributed by atoms with Crippen LogP contribution in [0.5, 0.6) is 0 Å². The van der Waals surface area contributed by atoms with Crippen LogP contribution in [0.25, 0.3) is 111 Å². The molecule has 0 atom stereocenters. The van der Waals surface area contributed by atoms with Crippen molar-refractivity contribution in [3.63, 3.8) is 0 Å². The fourth-order valence-electron chi connectivity index (χ4n) is 11.8. The number of allylic oxidation sites excluding steroid dienone is 3. The summed E-state index contributed by atoms with van der Waals surface area (Å²) in [6.07, 6.45) is 7.00. The molecule has 69 heavy (non-hydrogen) atoms. The molecule has 3 aliphatic rings. The summed E-state index contributed by atoms with van der Waals surface area (Å²) in [5.41, 5.74) is 27.8. The highest BCUT2D eigenvalue weighted by Crippen LogP contribution is 2.52. The molecule has 330 valence electrons. The molecule has 10 aromatic carbocycles. The highest BCUT2D eigenvalue weighted by Gasteiger charge is 2.36. The molecule has 0 aliphatic heterocycles. The number of hydrogen-bond donors (Lipinski definition) is 0. The lowest BCUT2D eigenvalue weighted by Gasteiger charge is -2.32. The number of fused-ring (bicyclic) bond motifs is 4. The molecule has 0 nitrogen and oxygen atoms in total. The Balaban J connectivity index is 0.728. The second-order valence-corrected chi connectivity index (χ2v) is 21.2. The smallest absolute Gasteiger partial charge is 0.0159 e. The zero-order chi connectivity index (χ0) is 46.6. The van der Waals surface area contributed by atoms with Crippen LogP contribution in [0.3, 0.4) is 0 Å². The summed E-state index contributed by atoms with van der Waals surface area (Å²) in [7, 11) is 0. The van der Waals surface area contributed by atoms with Gasteiger partial charge in [-0.1, -0.05) is 240 Å². The molecule has 0 spiro atoms. The van der Waals surface area contributed by atoms with Gasteiger partial charge in [0.25, 0.3) is 0 Å². The van der Waals surface area contributed by atoms with Crippen molar-refractivity contribution >= 4 is 33.2 Å². The van der Waals surface area contributed by atoms with Gasteiger partial charge in [0, 0.05) is 5.41 Å². The first-order valence-corrected chi connectivity index (χ1v) is 24.7. The maximum absolute atomic E-state index is 2.48. The summed E-state index contributed by atoms with van der Waals surface area (Å²) in [4.78, 5) is 0. The van der Waals surface area contributed by atoms with E-state index in [4.69, 9.17) is 0 Å². The van der Waals surface area contributed by atoms with Gasteiger partial charge < -0.3 is 0 Å². The molecule has 0 saturated carbocycles. The van der Waals surface area contributed by atoms with Crippen molar-refractivity contribution in [2.75, 3.05) is 0 Å². The van der Waals surface area contributed by atoms with Gasteiger partial charge in [-0.05, 0) is 163 Å². The van der Waals surface area contributed by atoms with E-state index in [9.17, 15) is 0 Å². The Morgan fingerprint density at radius 1 is 0.406 bits per heavy atom. The first-order valence-electron chi connectivity index (χ1n) is 24.7. The third-order valence-electron chi connectivity index (χ3n) is 15.8. The summed E-state index contributed by atoms with van der Waals surface area (Å²) in [5, 5.41) is 5.37. The number of rotatable bonds is 6. The second-order valence-electron chi connectivity index (χ2n) is 21.2. The summed E-state index contributed by atoms with van der Waals surface area (Å²) in [5.74, 6) is 0. The van der Waals surface area contributed by atoms with E-state index in [0.29, 0.717) is 0 Å². The van der Waals surface area contributed by atoms with Crippen LogP contribution >= 0.6 is 0 Å². The van der Waals surface area contributed by atoms with Crippen LogP contribution in [-0.4, -0.2) is 0 Å². The van der Waals surface area contributed by atoms with Crippen LogP contribution in [0.1, 0.15) is 68.9 Å². The topological polar surface area (TPSA) is 0 Å². The van der Waals surface area contributed by atoms with E-state index in [1.165, 1.54) is 138 Å². The Morgan fingerprint density at radius 2 is 0.870 bits per heavy atom. The van der Waals surface area contributed by atoms with Gasteiger partial charge in [0.05, 0.1) is 0 Å². The predicted molar refractivity (Wildman–Crippen MR) is 295 cm³/mol. The van der Waals surface area contributed by atoms with E-state index in [0.717, 1.165) is 12.8 Å². The molecule has 0 heterocycles. The monoisotopic (exact) mass is 882 g/mol. The Kier molecular flexibility index (Phi) is 9.37. The highest BCUT2D eigenvalue weighted by molar-refractivity contribution is 6.08. The molecular formula is C69H54. The number of benzene rings is 10. The van der Waals surface area contributed by atoms with Crippen molar-refractivity contribution in [2.45, 2.75) is 52.9 Å². The lowest BCUT2D eigenvalue weighted by atomic mass is 9.72. The fourth-order valence-corrected chi connectivity index (χ4v) is 11.8. The summed E-state index contributed by atoms with van der Waals surface area (Å²) in [6, 6.07) is 75.2. The molecule has 0 aromatic heterocycles. The average molecular weight is 883 g/mol. The van der Waals surface area contributed by atoms with Crippen LogP contribution in [0.2, 0.25) is 0 Å². The Bertz CT molecular complexity index is 3760. The Labute approximate surface area is 407 Å². The first kappa shape index (κ1) is 41.4. The van der Waals surface area contributed by atoms with E-state index in [2.05, 4.69) is 247 Å². The van der Waals surface area contributed by atoms with Crippen molar-refractivity contribution in [3.05, 3.63) is 240 Å². The molecule has 0 saturated heterocycles. The van der Waals surface area contributed by atoms with E-state index in [1.807, 2.05) is 0 Å². The molecular weight excluding hydrogens is 829 g/mol. The van der Waals surface area contributed by atoms with E-state index < -0.39 is 0 Å². The highest BCUT2D eigenvalue weighted by atomic mass is 14.4. The predicted octanol–water partition coefficient (Wildman–Crippen LogP) is 19.1. The Hall–Kier alpha value is -7.80. The quantitative estimate of drug-likeness (QED) is 0.156. The number of hydrogen-bond acceptors (Lipinski definition) is 0. The maximum atomic E-state index is 2.48. The summed E-state index contributed by atoms with van der Waals surface area (Å²) < 4.78 is 0. The molecule has 0 fully saturated rings. The average Bonchev–Trinajstić information content (AvgIpc) is 3.62. The third-order valence-corrected chi connectivity index (χ3v) is 15.8. The zero-order valence-corrected chi connectivity index (χ0v) is 40.1. The maximum Gasteiger partial charge on any atom is 0.0159 e. The van der Waals surface area contributed by atoms with Gasteiger partial charge in [0.2, 0.25) is 0 Å². The minimum absolute atomic E-state index is 0.129. The minimum atomic E-state index is -0.129. The minimum Gasteiger partial charge on any atom is -0.0759 e. The van der Waals surface area contributed by atoms with Crippen molar-refractivity contribution in [1.82, 2.24) is 0 Å². The van der Waals surface area contributed by atoms with Crippen molar-refractivity contribution < 1.29 is 0 Å². The normalized spacial score (nSPS) is 14.3. The Morgan fingerprint density at radius 3 is 1.42 bits per heavy atom. The lowest BCUT2D eigenvalue weighted by molar-refractivity contribution is 0.498. The molecule has 13 rings (SSSR count). The van der Waals surface area contributed by atoms with Crippen LogP contribution in [0, 0.1) is 5.41 Å². The molecule has 0 N–H and O–H groups in total. The van der Waals surface area contributed by atoms with Gasteiger partial charge in [0.1, 0.15) is 0 Å². The van der Waals surface area contributed by atoms with Gasteiger partial charge in [-0.25, -0.2) is 0 Å². The third kappa shape index (κ3) is 6.88. The van der Waals surface area contributed by atoms with Crippen LogP contribution in [0.4, 0.5) is 0 Å². The van der Waals surface area contributed by atoms with Crippen LogP contribution in [0.15, 0.2) is 212 Å². The van der Waals surface area contributed by atoms with Crippen molar-refractivity contribution in [1.29, 1.82) is 0 Å². The largest absolute Gasteiger partial charge is 0.0759 e.